The number of benzene rings is 1. The molecule has 0 unspecified atom stereocenters. The minimum atomic E-state index is -3.52. The number of hydrogen-bond donors (Lipinski definition) is 2. The Morgan fingerprint density at radius 2 is 1.71 bits per heavy atom. The van der Waals surface area contributed by atoms with Crippen LogP contribution in [0.25, 0.3) is 0 Å². The SMILES string of the molecule is CNC(=O)c1ccc(S(=O)(=O)N2C[C@H](C)N[C@@H](C)C2)cc1. The zero-order valence-corrected chi connectivity index (χ0v) is 13.3. The molecule has 1 aliphatic heterocycles. The molecule has 2 N–H and O–H groups in total. The summed E-state index contributed by atoms with van der Waals surface area (Å²) in [5.74, 6) is -0.233. The summed E-state index contributed by atoms with van der Waals surface area (Å²) >= 11 is 0. The third-order valence-electron chi connectivity index (χ3n) is 3.51. The number of hydrogen-bond acceptors (Lipinski definition) is 4. The predicted molar refractivity (Wildman–Crippen MR) is 80.7 cm³/mol. The number of nitrogens with zero attached hydrogens (tertiary/aromatic N) is 1. The zero-order valence-electron chi connectivity index (χ0n) is 12.5. The van der Waals surface area contributed by atoms with Crippen molar-refractivity contribution >= 4 is 15.9 Å². The molecule has 1 aliphatic rings. The molecular weight excluding hydrogens is 290 g/mol. The lowest BCUT2D eigenvalue weighted by Crippen LogP contribution is -2.55. The van der Waals surface area contributed by atoms with Crippen LogP contribution in [0.15, 0.2) is 29.2 Å². The first-order valence-electron chi connectivity index (χ1n) is 6.93. The molecule has 0 aliphatic carbocycles. The maximum absolute atomic E-state index is 12.6. The van der Waals surface area contributed by atoms with Crippen LogP contribution in [0.4, 0.5) is 0 Å². The summed E-state index contributed by atoms with van der Waals surface area (Å²) in [5.41, 5.74) is 0.443. The second kappa shape index (κ2) is 6.13. The molecule has 1 heterocycles. The van der Waals surface area contributed by atoms with E-state index in [1.807, 2.05) is 13.8 Å². The Morgan fingerprint density at radius 3 is 2.19 bits per heavy atom. The summed E-state index contributed by atoms with van der Waals surface area (Å²) in [5, 5.41) is 5.81. The first-order chi connectivity index (χ1) is 9.84. The Kier molecular flexibility index (Phi) is 4.65. The van der Waals surface area contributed by atoms with E-state index >= 15 is 0 Å². The molecule has 1 fully saturated rings. The predicted octanol–water partition coefficient (Wildman–Crippen LogP) is 0.417. The molecule has 0 bridgehead atoms. The van der Waals surface area contributed by atoms with Crippen LogP contribution in [0.1, 0.15) is 24.2 Å². The van der Waals surface area contributed by atoms with Crippen molar-refractivity contribution in [2.24, 2.45) is 0 Å². The van der Waals surface area contributed by atoms with Crippen LogP contribution in [-0.4, -0.2) is 50.9 Å². The van der Waals surface area contributed by atoms with Gasteiger partial charge >= 0.3 is 0 Å². The third kappa shape index (κ3) is 3.42. The molecule has 7 heteroatoms. The van der Waals surface area contributed by atoms with Crippen molar-refractivity contribution in [2.45, 2.75) is 30.8 Å². The van der Waals surface area contributed by atoms with Crippen LogP contribution in [-0.2, 0) is 10.0 Å². The van der Waals surface area contributed by atoms with Crippen LogP contribution in [0.2, 0.25) is 0 Å². The molecule has 1 aromatic rings. The van der Waals surface area contributed by atoms with Gasteiger partial charge in [0.25, 0.3) is 5.91 Å². The van der Waals surface area contributed by atoms with E-state index in [1.54, 1.807) is 0 Å². The fourth-order valence-corrected chi connectivity index (χ4v) is 4.16. The van der Waals surface area contributed by atoms with Gasteiger partial charge in [-0.3, -0.25) is 4.79 Å². The molecule has 0 spiro atoms. The monoisotopic (exact) mass is 311 g/mol. The lowest BCUT2D eigenvalue weighted by atomic mass is 10.2. The highest BCUT2D eigenvalue weighted by Crippen LogP contribution is 2.19. The molecule has 2 atom stereocenters. The van der Waals surface area contributed by atoms with Crippen LogP contribution < -0.4 is 10.6 Å². The minimum absolute atomic E-state index is 0.119. The first kappa shape index (κ1) is 15.9. The summed E-state index contributed by atoms with van der Waals surface area (Å²) in [6, 6.07) is 6.26. The summed E-state index contributed by atoms with van der Waals surface area (Å²) < 4.78 is 26.7. The van der Waals surface area contributed by atoms with Gasteiger partial charge in [-0.05, 0) is 38.1 Å². The Labute approximate surface area is 125 Å². The van der Waals surface area contributed by atoms with Crippen molar-refractivity contribution < 1.29 is 13.2 Å². The lowest BCUT2D eigenvalue weighted by molar-refractivity contribution is 0.0963. The van der Waals surface area contributed by atoms with E-state index in [-0.39, 0.29) is 22.9 Å². The molecule has 0 radical (unpaired) electrons. The summed E-state index contributed by atoms with van der Waals surface area (Å²) in [6.45, 7) is 4.83. The summed E-state index contributed by atoms with van der Waals surface area (Å²) in [7, 11) is -1.98. The average molecular weight is 311 g/mol. The molecular formula is C14H21N3O3S. The standard InChI is InChI=1S/C14H21N3O3S/c1-10-8-17(9-11(2)16-10)21(19,20)13-6-4-12(5-7-13)14(18)15-3/h4-7,10-11,16H,8-9H2,1-3H3,(H,15,18)/t10-,11-/m0/s1. The van der Waals surface area contributed by atoms with Gasteiger partial charge in [0.1, 0.15) is 0 Å². The number of nitrogens with one attached hydrogen (secondary N) is 2. The fourth-order valence-electron chi connectivity index (χ4n) is 2.54. The van der Waals surface area contributed by atoms with Gasteiger partial charge in [-0.2, -0.15) is 4.31 Å². The number of carbonyl (C=O) groups excluding carboxylic acids is 1. The van der Waals surface area contributed by atoms with Crippen LogP contribution in [0.5, 0.6) is 0 Å². The summed E-state index contributed by atoms with van der Waals surface area (Å²) in [6.07, 6.45) is 0. The van der Waals surface area contributed by atoms with E-state index in [0.717, 1.165) is 0 Å². The molecule has 0 saturated carbocycles. The number of piperazine rings is 1. The Morgan fingerprint density at radius 1 is 1.19 bits per heavy atom. The third-order valence-corrected chi connectivity index (χ3v) is 5.35. The normalized spacial score (nSPS) is 23.8. The maximum Gasteiger partial charge on any atom is 0.251 e. The average Bonchev–Trinajstić information content (AvgIpc) is 2.45. The van der Waals surface area contributed by atoms with Gasteiger partial charge in [-0.25, -0.2) is 8.42 Å². The van der Waals surface area contributed by atoms with E-state index in [9.17, 15) is 13.2 Å². The van der Waals surface area contributed by atoms with Crippen molar-refractivity contribution in [1.29, 1.82) is 0 Å². The maximum atomic E-state index is 12.6. The highest BCUT2D eigenvalue weighted by atomic mass is 32.2. The zero-order chi connectivity index (χ0) is 15.6. The van der Waals surface area contributed by atoms with Crippen molar-refractivity contribution in [3.63, 3.8) is 0 Å². The van der Waals surface area contributed by atoms with E-state index in [4.69, 9.17) is 0 Å². The van der Waals surface area contributed by atoms with Gasteiger partial charge < -0.3 is 10.6 Å². The Balaban J connectivity index is 2.25. The molecule has 1 saturated heterocycles. The lowest BCUT2D eigenvalue weighted by Gasteiger charge is -2.35. The topological polar surface area (TPSA) is 78.5 Å². The van der Waals surface area contributed by atoms with Gasteiger partial charge in [-0.1, -0.05) is 0 Å². The van der Waals surface area contributed by atoms with Crippen molar-refractivity contribution in [3.05, 3.63) is 29.8 Å². The smallest absolute Gasteiger partial charge is 0.251 e. The molecule has 1 amide bonds. The second-order valence-corrected chi connectivity index (χ2v) is 7.33. The van der Waals surface area contributed by atoms with E-state index < -0.39 is 10.0 Å². The van der Waals surface area contributed by atoms with Gasteiger partial charge in [0.2, 0.25) is 10.0 Å². The van der Waals surface area contributed by atoms with Crippen LogP contribution in [0.3, 0.4) is 0 Å². The highest BCUT2D eigenvalue weighted by molar-refractivity contribution is 7.89. The molecule has 6 nitrogen and oxygen atoms in total. The van der Waals surface area contributed by atoms with E-state index in [2.05, 4.69) is 10.6 Å². The first-order valence-corrected chi connectivity index (χ1v) is 8.37. The molecule has 116 valence electrons. The number of rotatable bonds is 3. The van der Waals surface area contributed by atoms with Gasteiger partial charge in [0.15, 0.2) is 0 Å². The molecule has 1 aromatic carbocycles. The van der Waals surface area contributed by atoms with Gasteiger partial charge in [0.05, 0.1) is 4.90 Å². The van der Waals surface area contributed by atoms with Crippen LogP contribution >= 0.6 is 0 Å². The largest absolute Gasteiger partial charge is 0.355 e. The van der Waals surface area contributed by atoms with Crippen LogP contribution in [0, 0.1) is 0 Å². The molecule has 0 aromatic heterocycles. The molecule has 2 rings (SSSR count). The number of amides is 1. The fraction of sp³-hybridized carbons (Fsp3) is 0.500. The van der Waals surface area contributed by atoms with Crippen molar-refractivity contribution in [2.75, 3.05) is 20.1 Å². The quantitative estimate of drug-likeness (QED) is 0.848. The second-order valence-electron chi connectivity index (χ2n) is 5.39. The summed E-state index contributed by atoms with van der Waals surface area (Å²) in [4.78, 5) is 11.7. The number of carbonyl (C=O) groups is 1. The van der Waals surface area contributed by atoms with Crippen molar-refractivity contribution in [1.82, 2.24) is 14.9 Å². The molecule has 21 heavy (non-hydrogen) atoms. The minimum Gasteiger partial charge on any atom is -0.355 e. The highest BCUT2D eigenvalue weighted by Gasteiger charge is 2.31. The van der Waals surface area contributed by atoms with Gasteiger partial charge in [0, 0.05) is 37.8 Å². The van der Waals surface area contributed by atoms with E-state index in [1.165, 1.54) is 35.6 Å². The van der Waals surface area contributed by atoms with Gasteiger partial charge in [-0.15, -0.1) is 0 Å². The van der Waals surface area contributed by atoms with E-state index in [0.29, 0.717) is 18.7 Å². The Bertz CT molecular complexity index is 603. The Hall–Kier alpha value is -1.44. The van der Waals surface area contributed by atoms with Crippen molar-refractivity contribution in [3.8, 4) is 0 Å². The number of sulfonamides is 1.